The van der Waals surface area contributed by atoms with Crippen LogP contribution < -0.4 is 0 Å². The zero-order valence-corrected chi connectivity index (χ0v) is 5.31. The molecule has 0 amide bonds. The largest absolute Gasteiger partial charge is 0.508 e. The fraction of sp³-hybridized carbons (Fsp3) is 0. The molecule has 1 rings (SSSR count). The summed E-state index contributed by atoms with van der Waals surface area (Å²) in [5, 5.41) is 16.8. The highest BCUT2D eigenvalue weighted by Crippen LogP contribution is 2.17. The maximum absolute atomic E-state index is 12.5. The lowest BCUT2D eigenvalue weighted by Crippen LogP contribution is -1.88. The molecule has 0 bridgehead atoms. The summed E-state index contributed by atoms with van der Waals surface area (Å²) in [6.07, 6.45) is 0. The quantitative estimate of drug-likeness (QED) is 0.617. The summed E-state index contributed by atoms with van der Waals surface area (Å²) < 4.78 is 25.0. The molecule has 2 nitrogen and oxygen atoms in total. The van der Waals surface area contributed by atoms with E-state index < -0.39 is 22.9 Å². The number of nitriles is 1. The Balaban J connectivity index is 3.40. The summed E-state index contributed by atoms with van der Waals surface area (Å²) in [7, 11) is 0. The van der Waals surface area contributed by atoms with Crippen LogP contribution >= 0.6 is 0 Å². The van der Waals surface area contributed by atoms with Crippen molar-refractivity contribution in [2.45, 2.75) is 0 Å². The van der Waals surface area contributed by atoms with Crippen LogP contribution in [0, 0.1) is 23.0 Å². The van der Waals surface area contributed by atoms with E-state index in [4.69, 9.17) is 10.4 Å². The predicted octanol–water partition coefficient (Wildman–Crippen LogP) is 1.54. The van der Waals surface area contributed by atoms with Crippen LogP contribution in [0.5, 0.6) is 5.75 Å². The molecular formula is C7H3F2NO. The van der Waals surface area contributed by atoms with Crippen molar-refractivity contribution in [3.05, 3.63) is 29.3 Å². The topological polar surface area (TPSA) is 44.0 Å². The van der Waals surface area contributed by atoms with Crippen LogP contribution in [0.3, 0.4) is 0 Å². The van der Waals surface area contributed by atoms with E-state index in [1.165, 1.54) is 6.07 Å². The molecule has 0 spiro atoms. The van der Waals surface area contributed by atoms with Gasteiger partial charge in [-0.25, -0.2) is 8.78 Å². The maximum Gasteiger partial charge on any atom is 0.147 e. The standard InChI is InChI=1S/C7H3F2NO/c8-6-1-4(11)2-7(9)5(6)3-10/h1-2,11H. The molecule has 1 N–H and O–H groups in total. The SMILES string of the molecule is N#Cc1c(F)cc(O)cc1F. The highest BCUT2D eigenvalue weighted by Gasteiger charge is 2.09. The second-order valence-corrected chi connectivity index (χ2v) is 1.90. The van der Waals surface area contributed by atoms with Gasteiger partial charge in [0.15, 0.2) is 0 Å². The van der Waals surface area contributed by atoms with Crippen molar-refractivity contribution in [1.29, 1.82) is 5.26 Å². The lowest BCUT2D eigenvalue weighted by atomic mass is 10.2. The molecule has 0 heterocycles. The molecule has 0 saturated heterocycles. The van der Waals surface area contributed by atoms with Crippen LogP contribution in [-0.2, 0) is 0 Å². The Hall–Kier alpha value is -1.63. The second kappa shape index (κ2) is 2.54. The average Bonchev–Trinajstić information content (AvgIpc) is 1.85. The summed E-state index contributed by atoms with van der Waals surface area (Å²) in [6.45, 7) is 0. The van der Waals surface area contributed by atoms with E-state index in [0.29, 0.717) is 12.1 Å². The molecule has 0 aromatic heterocycles. The predicted molar refractivity (Wildman–Crippen MR) is 32.7 cm³/mol. The minimum atomic E-state index is -1.05. The molecule has 1 aromatic carbocycles. The molecule has 11 heavy (non-hydrogen) atoms. The van der Waals surface area contributed by atoms with E-state index in [2.05, 4.69) is 0 Å². The molecule has 0 aliphatic heterocycles. The van der Waals surface area contributed by atoms with Crippen molar-refractivity contribution in [3.8, 4) is 11.8 Å². The summed E-state index contributed by atoms with van der Waals surface area (Å²) in [5.41, 5.74) is -0.678. The van der Waals surface area contributed by atoms with Crippen molar-refractivity contribution in [2.75, 3.05) is 0 Å². The fourth-order valence-corrected chi connectivity index (χ4v) is 0.667. The Kier molecular flexibility index (Phi) is 1.73. The number of phenolic OH excluding ortho intramolecular Hbond substituents is 1. The van der Waals surface area contributed by atoms with Gasteiger partial charge in [0.1, 0.15) is 29.0 Å². The van der Waals surface area contributed by atoms with Crippen LogP contribution in [0.1, 0.15) is 5.56 Å². The summed E-state index contributed by atoms with van der Waals surface area (Å²) in [5.74, 6) is -2.63. The summed E-state index contributed by atoms with van der Waals surface area (Å²) in [4.78, 5) is 0. The molecule has 0 fully saturated rings. The van der Waals surface area contributed by atoms with Gasteiger partial charge in [0, 0.05) is 12.1 Å². The van der Waals surface area contributed by atoms with Gasteiger partial charge in [0.2, 0.25) is 0 Å². The summed E-state index contributed by atoms with van der Waals surface area (Å²) >= 11 is 0. The molecule has 0 atom stereocenters. The highest BCUT2D eigenvalue weighted by molar-refractivity contribution is 5.37. The van der Waals surface area contributed by atoms with Crippen molar-refractivity contribution in [1.82, 2.24) is 0 Å². The number of hydrogen-bond acceptors (Lipinski definition) is 2. The number of nitrogens with zero attached hydrogens (tertiary/aromatic N) is 1. The minimum absolute atomic E-state index is 0.529. The van der Waals surface area contributed by atoms with E-state index in [9.17, 15) is 8.78 Å². The lowest BCUT2D eigenvalue weighted by molar-refractivity contribution is 0.459. The van der Waals surface area contributed by atoms with Gasteiger partial charge < -0.3 is 5.11 Å². The first-order valence-corrected chi connectivity index (χ1v) is 2.73. The van der Waals surface area contributed by atoms with E-state index in [1.54, 1.807) is 0 Å². The molecule has 0 aliphatic rings. The fourth-order valence-electron chi connectivity index (χ4n) is 0.667. The number of hydrogen-bond donors (Lipinski definition) is 1. The number of halogens is 2. The van der Waals surface area contributed by atoms with Gasteiger partial charge in [-0.05, 0) is 0 Å². The van der Waals surface area contributed by atoms with E-state index in [1.807, 2.05) is 0 Å². The van der Waals surface area contributed by atoms with Gasteiger partial charge >= 0.3 is 0 Å². The normalized spacial score (nSPS) is 9.18. The van der Waals surface area contributed by atoms with Crippen molar-refractivity contribution < 1.29 is 13.9 Å². The monoisotopic (exact) mass is 155 g/mol. The zero-order chi connectivity index (χ0) is 8.43. The first-order valence-electron chi connectivity index (χ1n) is 2.73. The molecule has 0 saturated carbocycles. The number of benzene rings is 1. The van der Waals surface area contributed by atoms with Gasteiger partial charge in [-0.15, -0.1) is 0 Å². The Morgan fingerprint density at radius 3 is 2.09 bits per heavy atom. The van der Waals surface area contributed by atoms with Crippen LogP contribution in [-0.4, -0.2) is 5.11 Å². The molecule has 0 unspecified atom stereocenters. The Morgan fingerprint density at radius 2 is 1.73 bits per heavy atom. The van der Waals surface area contributed by atoms with E-state index >= 15 is 0 Å². The van der Waals surface area contributed by atoms with Crippen molar-refractivity contribution in [2.24, 2.45) is 0 Å². The molecule has 0 radical (unpaired) electrons. The lowest BCUT2D eigenvalue weighted by Gasteiger charge is -1.95. The third kappa shape index (κ3) is 1.27. The minimum Gasteiger partial charge on any atom is -0.508 e. The zero-order valence-electron chi connectivity index (χ0n) is 5.31. The third-order valence-corrected chi connectivity index (χ3v) is 1.14. The van der Waals surface area contributed by atoms with Gasteiger partial charge in [-0.2, -0.15) is 5.26 Å². The van der Waals surface area contributed by atoms with Crippen molar-refractivity contribution >= 4 is 0 Å². The number of aromatic hydroxyl groups is 1. The average molecular weight is 155 g/mol. The third-order valence-electron chi connectivity index (χ3n) is 1.14. The molecule has 0 aliphatic carbocycles. The van der Waals surface area contributed by atoms with Gasteiger partial charge in [0.25, 0.3) is 0 Å². The Bertz CT molecular complexity index is 307. The molecule has 1 aromatic rings. The van der Waals surface area contributed by atoms with Crippen LogP contribution in [0.4, 0.5) is 8.78 Å². The van der Waals surface area contributed by atoms with E-state index in [0.717, 1.165) is 0 Å². The summed E-state index contributed by atoms with van der Waals surface area (Å²) in [6, 6.07) is 2.69. The van der Waals surface area contributed by atoms with E-state index in [-0.39, 0.29) is 0 Å². The first kappa shape index (κ1) is 7.48. The molecule has 56 valence electrons. The first-order chi connectivity index (χ1) is 5.15. The Morgan fingerprint density at radius 1 is 1.27 bits per heavy atom. The smallest absolute Gasteiger partial charge is 0.147 e. The van der Waals surface area contributed by atoms with Gasteiger partial charge in [0.05, 0.1) is 0 Å². The Labute approximate surface area is 61.3 Å². The van der Waals surface area contributed by atoms with Gasteiger partial charge in [-0.1, -0.05) is 0 Å². The second-order valence-electron chi connectivity index (χ2n) is 1.90. The number of phenols is 1. The van der Waals surface area contributed by atoms with Crippen LogP contribution in [0.25, 0.3) is 0 Å². The maximum atomic E-state index is 12.5. The van der Waals surface area contributed by atoms with Crippen LogP contribution in [0.15, 0.2) is 12.1 Å². The molecule has 4 heteroatoms. The number of rotatable bonds is 0. The highest BCUT2D eigenvalue weighted by atomic mass is 19.1. The van der Waals surface area contributed by atoms with Crippen LogP contribution in [0.2, 0.25) is 0 Å². The molecular weight excluding hydrogens is 152 g/mol. The van der Waals surface area contributed by atoms with Crippen molar-refractivity contribution in [3.63, 3.8) is 0 Å². The van der Waals surface area contributed by atoms with Gasteiger partial charge in [-0.3, -0.25) is 0 Å².